The lowest BCUT2D eigenvalue weighted by atomic mass is 10.2. The highest BCUT2D eigenvalue weighted by Gasteiger charge is 2.20. The van der Waals surface area contributed by atoms with Gasteiger partial charge >= 0.3 is 5.97 Å². The molecule has 0 saturated carbocycles. The molecule has 3 aromatic carbocycles. The summed E-state index contributed by atoms with van der Waals surface area (Å²) in [6, 6.07) is 15.3. The number of carbonyl (C=O) groups is 1. The van der Waals surface area contributed by atoms with Gasteiger partial charge in [-0.2, -0.15) is 0 Å². The molecule has 0 fully saturated rings. The van der Waals surface area contributed by atoms with Crippen LogP contribution in [0.25, 0.3) is 0 Å². The number of hydrogen-bond donors (Lipinski definition) is 1. The van der Waals surface area contributed by atoms with Crippen LogP contribution in [0.1, 0.15) is 5.56 Å². The van der Waals surface area contributed by atoms with Gasteiger partial charge in [0, 0.05) is 22.8 Å². The highest BCUT2D eigenvalue weighted by Crippen LogP contribution is 2.40. The fourth-order valence-corrected chi connectivity index (χ4v) is 3.89. The number of methoxy groups -OCH3 is 1. The van der Waals surface area contributed by atoms with Gasteiger partial charge in [0.05, 0.1) is 23.0 Å². The molecule has 0 aliphatic rings. The minimum atomic E-state index is -0.818. The number of carbonyl (C=O) groups excluding carboxylic acids is 1. The van der Waals surface area contributed by atoms with Crippen molar-refractivity contribution in [3.63, 3.8) is 0 Å². The summed E-state index contributed by atoms with van der Waals surface area (Å²) < 4.78 is 40.0. The molecule has 31 heavy (non-hydrogen) atoms. The summed E-state index contributed by atoms with van der Waals surface area (Å²) in [4.78, 5) is 12.1. The first-order valence-corrected chi connectivity index (χ1v) is 10.8. The fourth-order valence-electron chi connectivity index (χ4n) is 2.67. The summed E-state index contributed by atoms with van der Waals surface area (Å²) in [5, 5.41) is 2.88. The van der Waals surface area contributed by atoms with E-state index in [4.69, 9.17) is 9.47 Å². The lowest BCUT2D eigenvalue weighted by molar-refractivity contribution is -0.129. The second-order valence-corrected chi connectivity index (χ2v) is 8.12. The molecule has 0 unspecified atom stereocenters. The van der Waals surface area contributed by atoms with Crippen LogP contribution in [0.3, 0.4) is 0 Å². The number of esters is 1. The number of thioether (sulfide) groups is 1. The summed E-state index contributed by atoms with van der Waals surface area (Å²) in [6.07, 6.45) is 0.937. The van der Waals surface area contributed by atoms with Crippen LogP contribution in [0.15, 0.2) is 76.6 Å². The molecule has 1 N–H and O–H groups in total. The smallest absolute Gasteiger partial charge is 0.335 e. The van der Waals surface area contributed by atoms with Crippen molar-refractivity contribution in [3.05, 3.63) is 88.9 Å². The van der Waals surface area contributed by atoms with Gasteiger partial charge in [0.1, 0.15) is 11.6 Å². The molecule has 0 saturated heterocycles. The monoisotopic (exact) mass is 505 g/mol. The minimum Gasteiger partial charge on any atom is -0.495 e. The van der Waals surface area contributed by atoms with E-state index in [-0.39, 0.29) is 21.6 Å². The molecule has 0 aromatic heterocycles. The van der Waals surface area contributed by atoms with Gasteiger partial charge in [-0.3, -0.25) is 0 Å². The highest BCUT2D eigenvalue weighted by molar-refractivity contribution is 9.10. The lowest BCUT2D eigenvalue weighted by Crippen LogP contribution is -2.08. The number of hydrogen-bond acceptors (Lipinski definition) is 5. The average Bonchev–Trinajstić information content (AvgIpc) is 2.78. The SMILES string of the molecule is C=CC(=O)Oc1c(Nc2cc(F)c(Br)cc2OC)ccc(SCc2ccccc2)c1F. The third kappa shape index (κ3) is 5.65. The third-order valence-electron chi connectivity index (χ3n) is 4.18. The fraction of sp³-hybridized carbons (Fsp3) is 0.0870. The Bertz CT molecular complexity index is 1110. The summed E-state index contributed by atoms with van der Waals surface area (Å²) in [5.41, 5.74) is 1.40. The molecular weight excluding hydrogens is 488 g/mol. The molecule has 0 amide bonds. The van der Waals surface area contributed by atoms with E-state index in [1.54, 1.807) is 12.1 Å². The molecule has 0 aliphatic heterocycles. The van der Waals surface area contributed by atoms with Crippen LogP contribution in [0.5, 0.6) is 11.5 Å². The van der Waals surface area contributed by atoms with Crippen LogP contribution in [0.2, 0.25) is 0 Å². The topological polar surface area (TPSA) is 47.6 Å². The van der Waals surface area contributed by atoms with Crippen LogP contribution >= 0.6 is 27.7 Å². The number of nitrogens with one attached hydrogen (secondary N) is 1. The number of anilines is 2. The van der Waals surface area contributed by atoms with Gasteiger partial charge < -0.3 is 14.8 Å². The summed E-state index contributed by atoms with van der Waals surface area (Å²) in [7, 11) is 1.42. The maximum absolute atomic E-state index is 15.3. The van der Waals surface area contributed by atoms with E-state index in [9.17, 15) is 9.18 Å². The van der Waals surface area contributed by atoms with Crippen LogP contribution < -0.4 is 14.8 Å². The van der Waals surface area contributed by atoms with E-state index >= 15 is 4.39 Å². The van der Waals surface area contributed by atoms with Crippen molar-refractivity contribution in [1.82, 2.24) is 0 Å². The van der Waals surface area contributed by atoms with Crippen molar-refractivity contribution in [1.29, 1.82) is 0 Å². The zero-order valence-corrected chi connectivity index (χ0v) is 18.9. The van der Waals surface area contributed by atoms with Crippen molar-refractivity contribution in [2.45, 2.75) is 10.6 Å². The molecule has 0 aliphatic carbocycles. The van der Waals surface area contributed by atoms with E-state index in [1.165, 1.54) is 31.0 Å². The molecule has 3 aromatic rings. The first-order chi connectivity index (χ1) is 14.9. The number of benzene rings is 3. The van der Waals surface area contributed by atoms with E-state index in [0.29, 0.717) is 16.4 Å². The van der Waals surface area contributed by atoms with Gasteiger partial charge in [-0.25, -0.2) is 13.6 Å². The predicted octanol–water partition coefficient (Wildman–Crippen LogP) is 6.86. The Kier molecular flexibility index (Phi) is 7.70. The van der Waals surface area contributed by atoms with Crippen molar-refractivity contribution < 1.29 is 23.0 Å². The Morgan fingerprint density at radius 3 is 2.58 bits per heavy atom. The Morgan fingerprint density at radius 2 is 1.90 bits per heavy atom. The quantitative estimate of drug-likeness (QED) is 0.157. The number of halogens is 3. The van der Waals surface area contributed by atoms with Crippen molar-refractivity contribution in [3.8, 4) is 11.5 Å². The predicted molar refractivity (Wildman–Crippen MR) is 122 cm³/mol. The van der Waals surface area contributed by atoms with Gasteiger partial charge in [-0.05, 0) is 39.7 Å². The first-order valence-electron chi connectivity index (χ1n) is 9.06. The lowest BCUT2D eigenvalue weighted by Gasteiger charge is -2.17. The minimum absolute atomic E-state index is 0.136. The molecule has 4 nitrogen and oxygen atoms in total. The highest BCUT2D eigenvalue weighted by atomic mass is 79.9. The maximum atomic E-state index is 15.3. The van der Waals surface area contributed by atoms with E-state index in [2.05, 4.69) is 27.8 Å². The normalized spacial score (nSPS) is 10.5. The standard InChI is InChI=1S/C23H18BrF2NO3S/c1-3-21(28)30-23-17(27-18-12-16(25)15(24)11-19(18)29-2)9-10-20(22(23)26)31-13-14-7-5-4-6-8-14/h3-12,27H,1,13H2,2H3. The van der Waals surface area contributed by atoms with Crippen LogP contribution in [-0.2, 0) is 10.5 Å². The largest absolute Gasteiger partial charge is 0.495 e. The maximum Gasteiger partial charge on any atom is 0.335 e. The average molecular weight is 506 g/mol. The van der Waals surface area contributed by atoms with E-state index in [1.807, 2.05) is 30.3 Å². The molecule has 160 valence electrons. The van der Waals surface area contributed by atoms with Gasteiger partial charge in [-0.1, -0.05) is 36.9 Å². The Labute approximate surface area is 191 Å². The Morgan fingerprint density at radius 1 is 1.16 bits per heavy atom. The molecule has 3 rings (SSSR count). The Hall–Kier alpha value is -2.84. The van der Waals surface area contributed by atoms with Gasteiger partial charge in [0.25, 0.3) is 0 Å². The van der Waals surface area contributed by atoms with Crippen LogP contribution in [-0.4, -0.2) is 13.1 Å². The van der Waals surface area contributed by atoms with Crippen molar-refractivity contribution >= 4 is 45.0 Å². The molecule has 0 spiro atoms. The van der Waals surface area contributed by atoms with Gasteiger partial charge in [0.15, 0.2) is 11.6 Å². The molecular formula is C23H18BrF2NO3S. The van der Waals surface area contributed by atoms with Crippen molar-refractivity contribution in [2.24, 2.45) is 0 Å². The Balaban J connectivity index is 1.96. The van der Waals surface area contributed by atoms with E-state index < -0.39 is 17.6 Å². The number of ether oxygens (including phenoxy) is 2. The van der Waals surface area contributed by atoms with Gasteiger partial charge in [-0.15, -0.1) is 11.8 Å². The summed E-state index contributed by atoms with van der Waals surface area (Å²) >= 11 is 4.36. The summed E-state index contributed by atoms with van der Waals surface area (Å²) in [6.45, 7) is 3.35. The van der Waals surface area contributed by atoms with Crippen molar-refractivity contribution in [2.75, 3.05) is 12.4 Å². The molecule has 0 heterocycles. The molecule has 0 bridgehead atoms. The summed E-state index contributed by atoms with van der Waals surface area (Å²) in [5.74, 6) is -1.53. The first kappa shape index (κ1) is 22.8. The zero-order valence-electron chi connectivity index (χ0n) is 16.5. The second-order valence-electron chi connectivity index (χ2n) is 6.25. The molecule has 0 atom stereocenters. The second kappa shape index (κ2) is 10.5. The van der Waals surface area contributed by atoms with Crippen LogP contribution in [0, 0.1) is 11.6 Å². The van der Waals surface area contributed by atoms with Gasteiger partial charge in [0.2, 0.25) is 0 Å². The van der Waals surface area contributed by atoms with E-state index in [0.717, 1.165) is 11.6 Å². The number of rotatable bonds is 8. The molecule has 0 radical (unpaired) electrons. The third-order valence-corrected chi connectivity index (χ3v) is 5.89. The molecule has 8 heteroatoms. The van der Waals surface area contributed by atoms with Crippen LogP contribution in [0.4, 0.5) is 20.2 Å². The zero-order chi connectivity index (χ0) is 22.4.